The largest absolute Gasteiger partial charge is 0.494 e. The summed E-state index contributed by atoms with van der Waals surface area (Å²) in [4.78, 5) is 20.1. The van der Waals surface area contributed by atoms with Gasteiger partial charge in [-0.15, -0.1) is 5.10 Å². The molecule has 130 valence electrons. The highest BCUT2D eigenvalue weighted by Gasteiger charge is 2.16. The first-order valence-corrected chi connectivity index (χ1v) is 8.06. The van der Waals surface area contributed by atoms with Crippen LogP contribution in [0.3, 0.4) is 0 Å². The number of aromatic nitrogens is 6. The van der Waals surface area contributed by atoms with Crippen molar-refractivity contribution in [3.05, 3.63) is 48.2 Å². The maximum Gasteiger partial charge on any atom is 0.268 e. The molecule has 4 aromatic heterocycles. The summed E-state index contributed by atoms with van der Waals surface area (Å²) in [6.45, 7) is 3.83. The molecule has 0 amide bonds. The molecule has 0 atom stereocenters. The van der Waals surface area contributed by atoms with Crippen molar-refractivity contribution in [2.75, 3.05) is 0 Å². The molecule has 0 aromatic carbocycles. The zero-order valence-electron chi connectivity index (χ0n) is 14.6. The van der Waals surface area contributed by atoms with Crippen molar-refractivity contribution in [3.8, 4) is 17.1 Å². The van der Waals surface area contributed by atoms with Crippen LogP contribution in [0.2, 0.25) is 0 Å². The minimum Gasteiger partial charge on any atom is -0.494 e. The number of nitrogens with one attached hydrogen (secondary N) is 1. The van der Waals surface area contributed by atoms with E-state index in [1.165, 1.54) is 0 Å². The molecule has 4 heterocycles. The van der Waals surface area contributed by atoms with E-state index in [1.54, 1.807) is 36.6 Å². The molecule has 0 saturated carbocycles. The Hall–Kier alpha value is -3.55. The fourth-order valence-electron chi connectivity index (χ4n) is 2.91. The average Bonchev–Trinajstić information content (AvgIpc) is 3.16. The SMILES string of the molecule is CC(=Nc1ncn(C)n1)c1c(O)[nH]c2cnc(-c3cnccc3C)cc12. The zero-order valence-corrected chi connectivity index (χ0v) is 14.6. The normalized spacial score (nSPS) is 12.0. The van der Waals surface area contributed by atoms with E-state index < -0.39 is 0 Å². The molecule has 26 heavy (non-hydrogen) atoms. The van der Waals surface area contributed by atoms with Gasteiger partial charge in [0.1, 0.15) is 6.33 Å². The van der Waals surface area contributed by atoms with Crippen LogP contribution in [-0.2, 0) is 7.05 Å². The second kappa shape index (κ2) is 6.07. The topological polar surface area (TPSA) is 105 Å². The third kappa shape index (κ3) is 2.71. The molecule has 8 nitrogen and oxygen atoms in total. The van der Waals surface area contributed by atoms with Gasteiger partial charge in [-0.05, 0) is 31.5 Å². The molecule has 0 fully saturated rings. The Morgan fingerprint density at radius 3 is 2.85 bits per heavy atom. The fraction of sp³-hybridized carbons (Fsp3) is 0.167. The van der Waals surface area contributed by atoms with E-state index in [0.717, 1.165) is 27.7 Å². The molecule has 0 spiro atoms. The Morgan fingerprint density at radius 1 is 1.27 bits per heavy atom. The summed E-state index contributed by atoms with van der Waals surface area (Å²) in [6.07, 6.45) is 6.82. The molecule has 8 heteroatoms. The second-order valence-electron chi connectivity index (χ2n) is 6.07. The van der Waals surface area contributed by atoms with Gasteiger partial charge < -0.3 is 10.1 Å². The number of aliphatic imine (C=N–C) groups is 1. The molecule has 0 aliphatic rings. The molecule has 0 bridgehead atoms. The zero-order chi connectivity index (χ0) is 18.3. The van der Waals surface area contributed by atoms with E-state index >= 15 is 0 Å². The van der Waals surface area contributed by atoms with E-state index in [4.69, 9.17) is 0 Å². The van der Waals surface area contributed by atoms with E-state index in [-0.39, 0.29) is 5.88 Å². The summed E-state index contributed by atoms with van der Waals surface area (Å²) < 4.78 is 1.58. The molecule has 2 N–H and O–H groups in total. The van der Waals surface area contributed by atoms with Crippen molar-refractivity contribution < 1.29 is 5.11 Å². The number of nitrogens with zero attached hydrogens (tertiary/aromatic N) is 6. The number of H-pyrrole nitrogens is 1. The first kappa shape index (κ1) is 15.9. The maximum atomic E-state index is 10.4. The van der Waals surface area contributed by atoms with Crippen LogP contribution in [0.5, 0.6) is 5.88 Å². The van der Waals surface area contributed by atoms with E-state index in [1.807, 2.05) is 26.0 Å². The van der Waals surface area contributed by atoms with Crippen LogP contribution in [-0.4, -0.2) is 40.5 Å². The molecular formula is C18H17N7O. The summed E-state index contributed by atoms with van der Waals surface area (Å²) in [5.41, 5.74) is 4.76. The molecule has 0 unspecified atom stereocenters. The molecular weight excluding hydrogens is 330 g/mol. The lowest BCUT2D eigenvalue weighted by Crippen LogP contribution is -1.95. The van der Waals surface area contributed by atoms with Crippen molar-refractivity contribution in [2.45, 2.75) is 13.8 Å². The summed E-state index contributed by atoms with van der Waals surface area (Å²) in [5.74, 6) is 0.384. The van der Waals surface area contributed by atoms with Crippen molar-refractivity contribution in [3.63, 3.8) is 0 Å². The molecule has 0 aliphatic heterocycles. The summed E-state index contributed by atoms with van der Waals surface area (Å²) in [7, 11) is 1.78. The standard InChI is InChI=1S/C18H17N7O/c1-10-4-5-19-7-13(10)14-6-12-15(8-20-14)23-17(26)16(12)11(2)22-18-21-9-25(3)24-18/h4-9,23,26H,1-3H3. The number of aryl methyl sites for hydroxylation is 2. The van der Waals surface area contributed by atoms with Crippen LogP contribution in [0.4, 0.5) is 5.95 Å². The van der Waals surface area contributed by atoms with Gasteiger partial charge in [-0.3, -0.25) is 14.6 Å². The maximum absolute atomic E-state index is 10.4. The lowest BCUT2D eigenvalue weighted by Gasteiger charge is -2.05. The second-order valence-corrected chi connectivity index (χ2v) is 6.07. The Kier molecular flexibility index (Phi) is 3.72. The summed E-state index contributed by atoms with van der Waals surface area (Å²) in [6, 6.07) is 3.87. The number of rotatable bonds is 3. The minimum absolute atomic E-state index is 0.0408. The minimum atomic E-state index is 0.0408. The van der Waals surface area contributed by atoms with Crippen molar-refractivity contribution in [1.82, 2.24) is 29.7 Å². The fourth-order valence-corrected chi connectivity index (χ4v) is 2.91. The Labute approximate surface area is 149 Å². The molecule has 4 rings (SSSR count). The van der Waals surface area contributed by atoms with Gasteiger partial charge in [0.2, 0.25) is 0 Å². The van der Waals surface area contributed by atoms with Gasteiger partial charge in [0.25, 0.3) is 5.95 Å². The lowest BCUT2D eigenvalue weighted by atomic mass is 10.0. The number of fused-ring (bicyclic) bond motifs is 1. The number of hydrogen-bond acceptors (Lipinski definition) is 6. The highest BCUT2D eigenvalue weighted by Crippen LogP contribution is 2.31. The van der Waals surface area contributed by atoms with E-state index in [0.29, 0.717) is 17.2 Å². The monoisotopic (exact) mass is 347 g/mol. The van der Waals surface area contributed by atoms with Crippen LogP contribution in [0.25, 0.3) is 22.2 Å². The number of hydrogen-bond donors (Lipinski definition) is 2. The number of aromatic hydroxyl groups is 1. The Balaban J connectivity index is 1.87. The smallest absolute Gasteiger partial charge is 0.268 e. The van der Waals surface area contributed by atoms with Crippen LogP contribution >= 0.6 is 0 Å². The van der Waals surface area contributed by atoms with Crippen molar-refractivity contribution >= 4 is 22.6 Å². The van der Waals surface area contributed by atoms with Crippen LogP contribution in [0, 0.1) is 6.92 Å². The molecule has 0 radical (unpaired) electrons. The van der Waals surface area contributed by atoms with Gasteiger partial charge in [0.05, 0.1) is 28.7 Å². The molecule has 0 aliphatic carbocycles. The highest BCUT2D eigenvalue weighted by molar-refractivity contribution is 6.12. The first-order valence-electron chi connectivity index (χ1n) is 8.06. The third-order valence-electron chi connectivity index (χ3n) is 4.20. The highest BCUT2D eigenvalue weighted by atomic mass is 16.3. The van der Waals surface area contributed by atoms with Crippen LogP contribution < -0.4 is 0 Å². The first-order chi connectivity index (χ1) is 12.5. The number of pyridine rings is 2. The summed E-state index contributed by atoms with van der Waals surface area (Å²) >= 11 is 0. The predicted molar refractivity (Wildman–Crippen MR) is 98.6 cm³/mol. The van der Waals surface area contributed by atoms with Crippen molar-refractivity contribution in [2.24, 2.45) is 12.0 Å². The van der Waals surface area contributed by atoms with Gasteiger partial charge in [-0.1, -0.05) is 0 Å². The van der Waals surface area contributed by atoms with Crippen LogP contribution in [0.1, 0.15) is 18.1 Å². The van der Waals surface area contributed by atoms with Gasteiger partial charge in [-0.2, -0.15) is 4.98 Å². The Morgan fingerprint density at radius 2 is 2.12 bits per heavy atom. The Bertz CT molecular complexity index is 1140. The van der Waals surface area contributed by atoms with Crippen LogP contribution in [0.15, 0.2) is 42.0 Å². The van der Waals surface area contributed by atoms with Crippen molar-refractivity contribution in [1.29, 1.82) is 0 Å². The van der Waals surface area contributed by atoms with Gasteiger partial charge in [0.15, 0.2) is 5.88 Å². The third-order valence-corrected chi connectivity index (χ3v) is 4.20. The predicted octanol–water partition coefficient (Wildman–Crippen LogP) is 2.91. The van der Waals surface area contributed by atoms with E-state index in [2.05, 4.69) is 30.0 Å². The number of aromatic amines is 1. The van der Waals surface area contributed by atoms with Gasteiger partial charge >= 0.3 is 0 Å². The van der Waals surface area contributed by atoms with Gasteiger partial charge in [-0.25, -0.2) is 4.99 Å². The quantitative estimate of drug-likeness (QED) is 0.554. The molecule has 4 aromatic rings. The van der Waals surface area contributed by atoms with E-state index in [9.17, 15) is 5.11 Å². The van der Waals surface area contributed by atoms with Gasteiger partial charge in [0, 0.05) is 30.4 Å². The summed E-state index contributed by atoms with van der Waals surface area (Å²) in [5, 5.41) is 15.4. The average molecular weight is 347 g/mol. The molecule has 0 saturated heterocycles. The lowest BCUT2D eigenvalue weighted by molar-refractivity contribution is 0.457.